The molecule has 0 aliphatic carbocycles. The van der Waals surface area contributed by atoms with Crippen LogP contribution in [-0.2, 0) is 23.9 Å². The number of rotatable bonds is 4. The van der Waals surface area contributed by atoms with Crippen LogP contribution in [0.5, 0.6) is 11.5 Å². The predicted molar refractivity (Wildman–Crippen MR) is 118 cm³/mol. The molecule has 2 N–H and O–H groups in total. The second-order valence-electron chi connectivity index (χ2n) is 10.3. The monoisotopic (exact) mass is 383 g/mol. The minimum absolute atomic E-state index is 0.121. The fraction of sp³-hybridized carbons (Fsp3) is 0.520. The molecule has 0 saturated carbocycles. The Morgan fingerprint density at radius 1 is 0.679 bits per heavy atom. The lowest BCUT2D eigenvalue weighted by atomic mass is 9.78. The van der Waals surface area contributed by atoms with Crippen molar-refractivity contribution >= 4 is 0 Å². The highest BCUT2D eigenvalue weighted by Crippen LogP contribution is 2.40. The van der Waals surface area contributed by atoms with Crippen LogP contribution in [0.15, 0.2) is 24.3 Å². The van der Waals surface area contributed by atoms with Gasteiger partial charge in [0.2, 0.25) is 0 Å². The summed E-state index contributed by atoms with van der Waals surface area (Å²) in [7, 11) is 2.11. The Labute approximate surface area is 171 Å². The highest BCUT2D eigenvalue weighted by molar-refractivity contribution is 5.50. The average Bonchev–Trinajstić information content (AvgIpc) is 2.51. The van der Waals surface area contributed by atoms with Crippen LogP contribution in [0.1, 0.15) is 74.9 Å². The maximum Gasteiger partial charge on any atom is 0.123 e. The van der Waals surface area contributed by atoms with Crippen LogP contribution in [0, 0.1) is 13.8 Å². The molecule has 2 rings (SSSR count). The molecule has 0 amide bonds. The summed E-state index contributed by atoms with van der Waals surface area (Å²) in [5, 5.41) is 20.9. The number of aryl methyl sites for hydroxylation is 2. The standard InChI is InChI=1S/C25H37NO2/c1-16-10-18(11-17(2)22(16)27)14-26(9)15-19-12-20(24(3,4)5)23(28)21(13-19)25(6,7)8/h10-13,27-28H,14-15H2,1-9H3. The fourth-order valence-corrected chi connectivity index (χ4v) is 3.75. The Hall–Kier alpha value is -2.00. The summed E-state index contributed by atoms with van der Waals surface area (Å²) >= 11 is 0. The van der Waals surface area contributed by atoms with E-state index in [1.807, 2.05) is 13.8 Å². The third kappa shape index (κ3) is 5.08. The van der Waals surface area contributed by atoms with Crippen LogP contribution in [-0.4, -0.2) is 22.2 Å². The third-order valence-corrected chi connectivity index (χ3v) is 5.24. The molecule has 0 atom stereocenters. The van der Waals surface area contributed by atoms with Crippen LogP contribution >= 0.6 is 0 Å². The number of aromatic hydroxyl groups is 2. The van der Waals surface area contributed by atoms with Crippen LogP contribution in [0.2, 0.25) is 0 Å². The second kappa shape index (κ2) is 7.79. The van der Waals surface area contributed by atoms with Gasteiger partial charge < -0.3 is 10.2 Å². The first-order chi connectivity index (χ1) is 12.7. The van der Waals surface area contributed by atoms with Crippen LogP contribution in [0.4, 0.5) is 0 Å². The molecular formula is C25H37NO2. The van der Waals surface area contributed by atoms with E-state index in [4.69, 9.17) is 0 Å². The Morgan fingerprint density at radius 3 is 1.39 bits per heavy atom. The molecule has 0 radical (unpaired) electrons. The van der Waals surface area contributed by atoms with Crippen molar-refractivity contribution in [1.29, 1.82) is 0 Å². The fourth-order valence-electron chi connectivity index (χ4n) is 3.75. The van der Waals surface area contributed by atoms with Crippen molar-refractivity contribution in [2.75, 3.05) is 7.05 Å². The molecule has 3 heteroatoms. The third-order valence-electron chi connectivity index (χ3n) is 5.24. The minimum atomic E-state index is -0.121. The van der Waals surface area contributed by atoms with Crippen LogP contribution in [0.25, 0.3) is 0 Å². The van der Waals surface area contributed by atoms with Crippen molar-refractivity contribution in [2.45, 2.75) is 79.3 Å². The zero-order chi connectivity index (χ0) is 21.4. The van der Waals surface area contributed by atoms with Crippen molar-refractivity contribution < 1.29 is 10.2 Å². The highest BCUT2D eigenvalue weighted by Gasteiger charge is 2.26. The van der Waals surface area contributed by atoms with Gasteiger partial charge in [-0.3, -0.25) is 4.90 Å². The van der Waals surface area contributed by atoms with Gasteiger partial charge in [0.15, 0.2) is 0 Å². The molecule has 0 spiro atoms. The maximum atomic E-state index is 10.9. The molecule has 0 unspecified atom stereocenters. The second-order valence-corrected chi connectivity index (χ2v) is 10.3. The summed E-state index contributed by atoms with van der Waals surface area (Å²) in [5.41, 5.74) is 5.99. The largest absolute Gasteiger partial charge is 0.507 e. The topological polar surface area (TPSA) is 43.7 Å². The molecule has 2 aromatic rings. The SMILES string of the molecule is Cc1cc(CN(C)Cc2cc(C(C)(C)C)c(O)c(C(C)(C)C)c2)cc(C)c1O. The Kier molecular flexibility index (Phi) is 6.20. The van der Waals surface area contributed by atoms with E-state index in [1.54, 1.807) is 0 Å². The smallest absolute Gasteiger partial charge is 0.123 e. The summed E-state index contributed by atoms with van der Waals surface area (Å²) in [6, 6.07) is 8.40. The number of phenolic OH excluding ortho intramolecular Hbond substituents is 2. The van der Waals surface area contributed by atoms with E-state index in [2.05, 4.69) is 77.8 Å². The van der Waals surface area contributed by atoms with E-state index in [9.17, 15) is 10.2 Å². The van der Waals surface area contributed by atoms with Crippen molar-refractivity contribution in [3.05, 3.63) is 57.6 Å². The molecule has 3 nitrogen and oxygen atoms in total. The van der Waals surface area contributed by atoms with Crippen molar-refractivity contribution in [3.8, 4) is 11.5 Å². The van der Waals surface area contributed by atoms with Gasteiger partial charge in [-0.25, -0.2) is 0 Å². The minimum Gasteiger partial charge on any atom is -0.507 e. The van der Waals surface area contributed by atoms with E-state index >= 15 is 0 Å². The van der Waals surface area contributed by atoms with E-state index in [-0.39, 0.29) is 10.8 Å². The van der Waals surface area contributed by atoms with E-state index in [1.165, 1.54) is 11.1 Å². The van der Waals surface area contributed by atoms with Gasteiger partial charge >= 0.3 is 0 Å². The molecule has 0 aliphatic rings. The summed E-state index contributed by atoms with van der Waals surface area (Å²) < 4.78 is 0. The quantitative estimate of drug-likeness (QED) is 0.686. The van der Waals surface area contributed by atoms with Gasteiger partial charge in [0, 0.05) is 13.1 Å². The molecule has 0 aromatic heterocycles. The molecule has 2 aromatic carbocycles. The number of benzene rings is 2. The van der Waals surface area contributed by atoms with Gasteiger partial charge in [0.25, 0.3) is 0 Å². The van der Waals surface area contributed by atoms with Gasteiger partial charge in [-0.1, -0.05) is 65.8 Å². The molecule has 0 saturated heterocycles. The number of hydrogen-bond donors (Lipinski definition) is 2. The summed E-state index contributed by atoms with van der Waals surface area (Å²) in [4.78, 5) is 2.27. The maximum absolute atomic E-state index is 10.9. The molecule has 0 fully saturated rings. The van der Waals surface area contributed by atoms with Crippen molar-refractivity contribution in [2.24, 2.45) is 0 Å². The zero-order valence-corrected chi connectivity index (χ0v) is 19.1. The summed E-state index contributed by atoms with van der Waals surface area (Å²) in [6.07, 6.45) is 0. The van der Waals surface area contributed by atoms with Gasteiger partial charge in [0.05, 0.1) is 0 Å². The van der Waals surface area contributed by atoms with E-state index in [0.717, 1.165) is 35.3 Å². The lowest BCUT2D eigenvalue weighted by Gasteiger charge is -2.29. The normalized spacial score (nSPS) is 12.6. The van der Waals surface area contributed by atoms with Gasteiger partial charge in [-0.2, -0.15) is 0 Å². The molecule has 154 valence electrons. The number of phenols is 2. The van der Waals surface area contributed by atoms with Crippen molar-refractivity contribution in [1.82, 2.24) is 4.90 Å². The average molecular weight is 384 g/mol. The lowest BCUT2D eigenvalue weighted by molar-refractivity contribution is 0.317. The Balaban J connectivity index is 2.35. The lowest BCUT2D eigenvalue weighted by Crippen LogP contribution is -2.21. The van der Waals surface area contributed by atoms with E-state index in [0.29, 0.717) is 11.5 Å². The molecule has 0 aliphatic heterocycles. The Morgan fingerprint density at radius 2 is 1.04 bits per heavy atom. The first-order valence-corrected chi connectivity index (χ1v) is 10.0. The predicted octanol–water partition coefficient (Wildman–Crippen LogP) is 5.94. The molecular weight excluding hydrogens is 346 g/mol. The number of hydrogen-bond acceptors (Lipinski definition) is 3. The first kappa shape index (κ1) is 22.3. The summed E-state index contributed by atoms with van der Waals surface area (Å²) in [5.74, 6) is 0.811. The first-order valence-electron chi connectivity index (χ1n) is 10.0. The highest BCUT2D eigenvalue weighted by atomic mass is 16.3. The van der Waals surface area contributed by atoms with Crippen LogP contribution in [0.3, 0.4) is 0 Å². The molecule has 28 heavy (non-hydrogen) atoms. The zero-order valence-electron chi connectivity index (χ0n) is 19.1. The Bertz CT molecular complexity index is 796. The van der Waals surface area contributed by atoms with Crippen molar-refractivity contribution in [3.63, 3.8) is 0 Å². The number of nitrogens with zero attached hydrogens (tertiary/aromatic N) is 1. The summed E-state index contributed by atoms with van der Waals surface area (Å²) in [6.45, 7) is 18.3. The van der Waals surface area contributed by atoms with E-state index < -0.39 is 0 Å². The molecule has 0 bridgehead atoms. The van der Waals surface area contributed by atoms with Gasteiger partial charge in [-0.15, -0.1) is 0 Å². The van der Waals surface area contributed by atoms with Gasteiger partial charge in [0.1, 0.15) is 11.5 Å². The molecule has 0 heterocycles. The van der Waals surface area contributed by atoms with Crippen LogP contribution < -0.4 is 0 Å². The van der Waals surface area contributed by atoms with Gasteiger partial charge in [-0.05, 0) is 65.1 Å².